The molecule has 2 heterocycles. The third kappa shape index (κ3) is 2.30. The van der Waals surface area contributed by atoms with Gasteiger partial charge in [-0.3, -0.25) is 0 Å². The van der Waals surface area contributed by atoms with Gasteiger partial charge >= 0.3 is 0 Å². The van der Waals surface area contributed by atoms with Gasteiger partial charge in [0.2, 0.25) is 10.0 Å². The van der Waals surface area contributed by atoms with E-state index >= 15 is 0 Å². The Labute approximate surface area is 118 Å². The van der Waals surface area contributed by atoms with Crippen LogP contribution in [0.2, 0.25) is 0 Å². The molecular weight excluding hydrogens is 274 g/mol. The highest BCUT2D eigenvalue weighted by molar-refractivity contribution is 7.89. The Hall–Kier alpha value is -1.50. The zero-order valence-electron chi connectivity index (χ0n) is 11.3. The number of hydrogen-bond acceptors (Lipinski definition) is 3. The minimum atomic E-state index is -3.44. The van der Waals surface area contributed by atoms with Crippen LogP contribution in [0, 0.1) is 0 Å². The Morgan fingerprint density at radius 2 is 2.20 bits per heavy atom. The van der Waals surface area contributed by atoms with Crippen molar-refractivity contribution in [2.24, 2.45) is 0 Å². The number of fused-ring (bicyclic) bond motifs is 1. The van der Waals surface area contributed by atoms with Gasteiger partial charge in [0.25, 0.3) is 0 Å². The predicted molar refractivity (Wildman–Crippen MR) is 76.7 cm³/mol. The molecule has 0 radical (unpaired) electrons. The predicted octanol–water partition coefficient (Wildman–Crippen LogP) is 0.636. The van der Waals surface area contributed by atoms with Crippen LogP contribution in [0.3, 0.4) is 0 Å². The van der Waals surface area contributed by atoms with Gasteiger partial charge in [0, 0.05) is 42.5 Å². The molecule has 2 N–H and O–H groups in total. The summed E-state index contributed by atoms with van der Waals surface area (Å²) in [4.78, 5) is 3.37. The molecule has 1 aliphatic rings. The Morgan fingerprint density at radius 1 is 1.35 bits per heavy atom. The van der Waals surface area contributed by atoms with Crippen molar-refractivity contribution in [3.8, 4) is 0 Å². The molecule has 6 heteroatoms. The van der Waals surface area contributed by atoms with E-state index < -0.39 is 10.0 Å². The molecule has 0 aliphatic carbocycles. The van der Waals surface area contributed by atoms with Crippen LogP contribution in [0.5, 0.6) is 0 Å². The highest BCUT2D eigenvalue weighted by Gasteiger charge is 2.29. The monoisotopic (exact) mass is 292 g/mol. The molecule has 20 heavy (non-hydrogen) atoms. The lowest BCUT2D eigenvalue weighted by atomic mass is 10.2. The summed E-state index contributed by atoms with van der Waals surface area (Å²) in [6, 6.07) is 7.37. The van der Waals surface area contributed by atoms with E-state index in [4.69, 9.17) is 0 Å². The third-order valence-corrected chi connectivity index (χ3v) is 5.56. The second-order valence-electron chi connectivity index (χ2n) is 5.12. The first kappa shape index (κ1) is 13.5. The molecule has 2 aromatic rings. The number of hydrogen-bond donors (Lipinski definition) is 1. The van der Waals surface area contributed by atoms with E-state index in [0.29, 0.717) is 24.5 Å². The van der Waals surface area contributed by atoms with E-state index in [1.54, 1.807) is 22.6 Å². The van der Waals surface area contributed by atoms with Crippen LogP contribution in [0.1, 0.15) is 6.92 Å². The van der Waals surface area contributed by atoms with Crippen molar-refractivity contribution < 1.29 is 13.4 Å². The number of nitrogens with one attached hydrogen (secondary N) is 2. The van der Waals surface area contributed by atoms with Crippen molar-refractivity contribution in [3.63, 3.8) is 0 Å². The number of sulfonamides is 1. The van der Waals surface area contributed by atoms with Gasteiger partial charge in [-0.05, 0) is 19.1 Å². The van der Waals surface area contributed by atoms with E-state index in [1.165, 1.54) is 0 Å². The molecule has 1 saturated heterocycles. The number of piperazine rings is 1. The number of nitrogens with zero attached hydrogens (tertiary/aromatic N) is 1. The summed E-state index contributed by atoms with van der Waals surface area (Å²) in [7, 11) is -3.44. The number of aromatic nitrogens is 1. The van der Waals surface area contributed by atoms with Crippen LogP contribution in [0.25, 0.3) is 10.8 Å². The Balaban J connectivity index is 2.09. The zero-order valence-corrected chi connectivity index (χ0v) is 12.2. The van der Waals surface area contributed by atoms with Crippen LogP contribution in [-0.2, 0) is 10.0 Å². The topological polar surface area (TPSA) is 63.6 Å². The van der Waals surface area contributed by atoms with Crippen molar-refractivity contribution in [2.45, 2.75) is 17.9 Å². The molecule has 1 aliphatic heterocycles. The standard InChI is InChI=1S/C14H17N3O2S/c1-11-10-17(8-7-16-11)20(18,19)14-4-2-3-12-9-15-6-5-13(12)14/h2-6,9,11,16H,7-8,10H2,1H3/p+1. The first-order chi connectivity index (χ1) is 9.59. The first-order valence-electron chi connectivity index (χ1n) is 6.71. The minimum absolute atomic E-state index is 0.182. The van der Waals surface area contributed by atoms with E-state index in [0.717, 1.165) is 10.8 Å². The SMILES string of the molecule is CC1CN(S(=O)(=O)c2cccc3c[nH+]ccc23)CCN1. The highest BCUT2D eigenvalue weighted by atomic mass is 32.2. The molecule has 0 bridgehead atoms. The van der Waals surface area contributed by atoms with Crippen molar-refractivity contribution in [1.82, 2.24) is 9.62 Å². The van der Waals surface area contributed by atoms with Crippen molar-refractivity contribution in [1.29, 1.82) is 0 Å². The van der Waals surface area contributed by atoms with Gasteiger partial charge in [-0.1, -0.05) is 6.07 Å². The van der Waals surface area contributed by atoms with Crippen molar-refractivity contribution >= 4 is 20.8 Å². The summed E-state index contributed by atoms with van der Waals surface area (Å²) in [6.07, 6.45) is 3.57. The maximum atomic E-state index is 12.8. The minimum Gasteiger partial charge on any atom is -0.312 e. The van der Waals surface area contributed by atoms with E-state index in [2.05, 4.69) is 10.3 Å². The fourth-order valence-corrected chi connectivity index (χ4v) is 4.36. The molecule has 1 aromatic heterocycles. The van der Waals surface area contributed by atoms with E-state index in [9.17, 15) is 8.42 Å². The van der Waals surface area contributed by atoms with Crippen LogP contribution in [0.4, 0.5) is 0 Å². The summed E-state index contributed by atoms with van der Waals surface area (Å²) in [5, 5.41) is 4.92. The summed E-state index contributed by atoms with van der Waals surface area (Å²) >= 11 is 0. The van der Waals surface area contributed by atoms with E-state index in [-0.39, 0.29) is 6.04 Å². The molecule has 1 atom stereocenters. The smallest absolute Gasteiger partial charge is 0.243 e. The van der Waals surface area contributed by atoms with Gasteiger partial charge in [0.05, 0.1) is 4.90 Å². The number of benzene rings is 1. The van der Waals surface area contributed by atoms with Crippen LogP contribution >= 0.6 is 0 Å². The maximum Gasteiger partial charge on any atom is 0.243 e. The first-order valence-corrected chi connectivity index (χ1v) is 8.15. The zero-order chi connectivity index (χ0) is 14.2. The molecule has 1 aromatic carbocycles. The average molecular weight is 292 g/mol. The van der Waals surface area contributed by atoms with Gasteiger partial charge in [0.1, 0.15) is 0 Å². The lowest BCUT2D eigenvalue weighted by Crippen LogP contribution is -2.51. The molecule has 106 valence electrons. The fourth-order valence-electron chi connectivity index (χ4n) is 2.61. The molecule has 0 saturated carbocycles. The summed E-state index contributed by atoms with van der Waals surface area (Å²) in [5.41, 5.74) is 0. The van der Waals surface area contributed by atoms with Crippen molar-refractivity contribution in [3.05, 3.63) is 36.7 Å². The molecule has 3 rings (SSSR count). The van der Waals surface area contributed by atoms with Gasteiger partial charge < -0.3 is 5.32 Å². The quantitative estimate of drug-likeness (QED) is 0.883. The maximum absolute atomic E-state index is 12.8. The molecule has 0 spiro atoms. The molecule has 1 unspecified atom stereocenters. The Bertz CT molecular complexity index is 725. The lowest BCUT2D eigenvalue weighted by molar-refractivity contribution is -0.375. The van der Waals surface area contributed by atoms with Crippen LogP contribution in [-0.4, -0.2) is 38.4 Å². The summed E-state index contributed by atoms with van der Waals surface area (Å²) < 4.78 is 27.2. The van der Waals surface area contributed by atoms with Gasteiger partial charge in [-0.2, -0.15) is 4.31 Å². The Kier molecular flexibility index (Phi) is 3.45. The highest BCUT2D eigenvalue weighted by Crippen LogP contribution is 2.25. The van der Waals surface area contributed by atoms with E-state index in [1.807, 2.05) is 25.3 Å². The molecule has 5 nitrogen and oxygen atoms in total. The second kappa shape index (κ2) is 5.12. The second-order valence-corrected chi connectivity index (χ2v) is 7.03. The normalized spacial score (nSPS) is 21.1. The third-order valence-electron chi connectivity index (χ3n) is 3.63. The average Bonchev–Trinajstić information content (AvgIpc) is 2.46. The van der Waals surface area contributed by atoms with Gasteiger partial charge in [0.15, 0.2) is 12.4 Å². The fraction of sp³-hybridized carbons (Fsp3) is 0.357. The summed E-state index contributed by atoms with van der Waals surface area (Å²) in [6.45, 7) is 3.72. The number of H-pyrrole nitrogens is 1. The number of aromatic amines is 1. The number of pyridine rings is 1. The van der Waals surface area contributed by atoms with Gasteiger partial charge in [-0.25, -0.2) is 13.4 Å². The van der Waals surface area contributed by atoms with Gasteiger partial charge in [-0.15, -0.1) is 0 Å². The number of rotatable bonds is 2. The molecular formula is C14H18N3O2S+. The van der Waals surface area contributed by atoms with Crippen LogP contribution in [0.15, 0.2) is 41.6 Å². The van der Waals surface area contributed by atoms with Crippen LogP contribution < -0.4 is 10.3 Å². The largest absolute Gasteiger partial charge is 0.312 e. The summed E-state index contributed by atoms with van der Waals surface area (Å²) in [5.74, 6) is 0. The molecule has 1 fully saturated rings. The van der Waals surface area contributed by atoms with Crippen molar-refractivity contribution in [2.75, 3.05) is 19.6 Å². The lowest BCUT2D eigenvalue weighted by Gasteiger charge is -2.31. The molecule has 0 amide bonds. The Morgan fingerprint density at radius 3 is 3.00 bits per heavy atom.